The second-order valence-corrected chi connectivity index (χ2v) is 7.97. The number of hydrogen-bond donors (Lipinski definition) is 1. The SMILES string of the molecule is N#C/C(=C\c1ccccc1Cl)C(=O)Nc1ncc(Cc2cccc(Cl)c2Cl)s1. The van der Waals surface area contributed by atoms with Crippen LogP contribution in [0.1, 0.15) is 16.0 Å². The maximum absolute atomic E-state index is 12.4. The van der Waals surface area contributed by atoms with Crippen LogP contribution >= 0.6 is 46.1 Å². The average molecular weight is 449 g/mol. The molecule has 0 spiro atoms. The van der Waals surface area contributed by atoms with Crippen molar-refractivity contribution in [2.45, 2.75) is 6.42 Å². The number of amides is 1. The van der Waals surface area contributed by atoms with E-state index < -0.39 is 5.91 Å². The molecule has 0 aliphatic carbocycles. The summed E-state index contributed by atoms with van der Waals surface area (Å²) in [6, 6.07) is 14.3. The summed E-state index contributed by atoms with van der Waals surface area (Å²) >= 11 is 19.6. The van der Waals surface area contributed by atoms with Gasteiger partial charge in [-0.25, -0.2) is 4.98 Å². The third-order valence-corrected chi connectivity index (χ3v) is 5.86. The predicted molar refractivity (Wildman–Crippen MR) is 115 cm³/mol. The van der Waals surface area contributed by atoms with E-state index in [4.69, 9.17) is 34.8 Å². The normalized spacial score (nSPS) is 11.1. The van der Waals surface area contributed by atoms with Gasteiger partial charge in [-0.05, 0) is 29.3 Å². The van der Waals surface area contributed by atoms with Gasteiger partial charge in [-0.1, -0.05) is 65.1 Å². The number of anilines is 1. The number of carbonyl (C=O) groups is 1. The number of aromatic nitrogens is 1. The number of carbonyl (C=O) groups excluding carboxylic acids is 1. The fourth-order valence-electron chi connectivity index (χ4n) is 2.38. The van der Waals surface area contributed by atoms with Gasteiger partial charge in [0.05, 0.1) is 10.0 Å². The fourth-order valence-corrected chi connectivity index (χ4v) is 3.79. The minimum absolute atomic E-state index is 0.0669. The van der Waals surface area contributed by atoms with Gasteiger partial charge in [-0.2, -0.15) is 5.26 Å². The Morgan fingerprint density at radius 1 is 1.14 bits per heavy atom. The van der Waals surface area contributed by atoms with E-state index in [-0.39, 0.29) is 5.57 Å². The van der Waals surface area contributed by atoms with Crippen LogP contribution in [0.5, 0.6) is 0 Å². The molecule has 0 aliphatic rings. The summed E-state index contributed by atoms with van der Waals surface area (Å²) in [6.45, 7) is 0. The zero-order chi connectivity index (χ0) is 20.1. The number of nitriles is 1. The number of thiazole rings is 1. The first-order valence-electron chi connectivity index (χ1n) is 8.03. The van der Waals surface area contributed by atoms with Crippen molar-refractivity contribution >= 4 is 63.3 Å². The molecule has 0 aliphatic heterocycles. The molecule has 8 heteroatoms. The van der Waals surface area contributed by atoms with Crippen molar-refractivity contribution in [1.82, 2.24) is 4.98 Å². The Bertz CT molecular complexity index is 1100. The van der Waals surface area contributed by atoms with Crippen LogP contribution in [0.15, 0.2) is 54.2 Å². The third-order valence-electron chi connectivity index (χ3n) is 3.74. The molecule has 4 nitrogen and oxygen atoms in total. The Morgan fingerprint density at radius 2 is 1.89 bits per heavy atom. The van der Waals surface area contributed by atoms with Crippen molar-refractivity contribution in [2.24, 2.45) is 0 Å². The predicted octanol–water partition coefficient (Wildman–Crippen LogP) is 6.24. The summed E-state index contributed by atoms with van der Waals surface area (Å²) in [6.07, 6.45) is 3.63. The van der Waals surface area contributed by atoms with E-state index >= 15 is 0 Å². The van der Waals surface area contributed by atoms with Crippen LogP contribution in [0, 0.1) is 11.3 Å². The lowest BCUT2D eigenvalue weighted by atomic mass is 10.1. The summed E-state index contributed by atoms with van der Waals surface area (Å²) < 4.78 is 0. The second-order valence-electron chi connectivity index (χ2n) is 5.67. The summed E-state index contributed by atoms with van der Waals surface area (Å²) in [5, 5.41) is 13.8. The van der Waals surface area contributed by atoms with Crippen LogP contribution in [0.3, 0.4) is 0 Å². The van der Waals surface area contributed by atoms with Crippen LogP contribution < -0.4 is 5.32 Å². The van der Waals surface area contributed by atoms with Gasteiger partial charge < -0.3 is 0 Å². The minimum atomic E-state index is -0.552. The Labute approximate surface area is 181 Å². The van der Waals surface area contributed by atoms with Crippen LogP contribution in [0.4, 0.5) is 5.13 Å². The van der Waals surface area contributed by atoms with Crippen LogP contribution in [-0.2, 0) is 11.2 Å². The molecule has 1 amide bonds. The van der Waals surface area contributed by atoms with E-state index in [2.05, 4.69) is 10.3 Å². The van der Waals surface area contributed by atoms with Crippen molar-refractivity contribution in [1.29, 1.82) is 5.26 Å². The first kappa shape index (κ1) is 20.4. The number of nitrogens with one attached hydrogen (secondary N) is 1. The molecule has 140 valence electrons. The first-order chi connectivity index (χ1) is 13.5. The van der Waals surface area contributed by atoms with Gasteiger partial charge >= 0.3 is 0 Å². The van der Waals surface area contributed by atoms with E-state index in [0.717, 1.165) is 10.4 Å². The van der Waals surface area contributed by atoms with Crippen molar-refractivity contribution in [2.75, 3.05) is 5.32 Å². The molecule has 0 fully saturated rings. The highest BCUT2D eigenvalue weighted by Crippen LogP contribution is 2.29. The smallest absolute Gasteiger partial charge is 0.268 e. The van der Waals surface area contributed by atoms with Gasteiger partial charge in [-0.3, -0.25) is 10.1 Å². The molecule has 2 aromatic carbocycles. The van der Waals surface area contributed by atoms with E-state index in [0.29, 0.717) is 32.2 Å². The fraction of sp³-hybridized carbons (Fsp3) is 0.0500. The lowest BCUT2D eigenvalue weighted by Crippen LogP contribution is -2.13. The Hall–Kier alpha value is -2.36. The van der Waals surface area contributed by atoms with Crippen LogP contribution in [0.2, 0.25) is 15.1 Å². The molecule has 1 heterocycles. The monoisotopic (exact) mass is 447 g/mol. The molecule has 0 radical (unpaired) electrons. The largest absolute Gasteiger partial charge is 0.297 e. The van der Waals surface area contributed by atoms with Crippen LogP contribution in [0.25, 0.3) is 6.08 Å². The quantitative estimate of drug-likeness (QED) is 0.371. The molecule has 3 aromatic rings. The maximum Gasteiger partial charge on any atom is 0.268 e. The number of benzene rings is 2. The van der Waals surface area contributed by atoms with Gasteiger partial charge in [0, 0.05) is 22.5 Å². The lowest BCUT2D eigenvalue weighted by Gasteiger charge is -2.03. The molecular formula is C20H12Cl3N3OS. The lowest BCUT2D eigenvalue weighted by molar-refractivity contribution is -0.112. The molecule has 28 heavy (non-hydrogen) atoms. The Morgan fingerprint density at radius 3 is 2.64 bits per heavy atom. The Balaban J connectivity index is 1.73. The highest BCUT2D eigenvalue weighted by atomic mass is 35.5. The van der Waals surface area contributed by atoms with Gasteiger partial charge in [0.1, 0.15) is 11.6 Å². The third kappa shape index (κ3) is 4.92. The highest BCUT2D eigenvalue weighted by molar-refractivity contribution is 7.15. The number of nitrogens with zero attached hydrogens (tertiary/aromatic N) is 2. The molecule has 0 atom stereocenters. The molecule has 0 saturated carbocycles. The number of halogens is 3. The Kier molecular flexibility index (Phi) is 6.71. The summed E-state index contributed by atoms with van der Waals surface area (Å²) in [5.41, 5.74) is 1.39. The zero-order valence-electron chi connectivity index (χ0n) is 14.2. The van der Waals surface area contributed by atoms with E-state index in [1.54, 1.807) is 36.5 Å². The molecule has 1 N–H and O–H groups in total. The van der Waals surface area contributed by atoms with Crippen molar-refractivity contribution in [3.05, 3.63) is 85.3 Å². The van der Waals surface area contributed by atoms with E-state index in [1.807, 2.05) is 18.2 Å². The topological polar surface area (TPSA) is 65.8 Å². The molecule has 1 aromatic heterocycles. The molecular weight excluding hydrogens is 437 g/mol. The first-order valence-corrected chi connectivity index (χ1v) is 9.98. The maximum atomic E-state index is 12.4. The average Bonchev–Trinajstić information content (AvgIpc) is 3.11. The molecule has 0 unspecified atom stereocenters. The highest BCUT2D eigenvalue weighted by Gasteiger charge is 2.14. The molecule has 3 rings (SSSR count). The van der Waals surface area contributed by atoms with Gasteiger partial charge in [0.2, 0.25) is 0 Å². The van der Waals surface area contributed by atoms with Crippen molar-refractivity contribution < 1.29 is 4.79 Å². The van der Waals surface area contributed by atoms with Crippen molar-refractivity contribution in [3.8, 4) is 6.07 Å². The summed E-state index contributed by atoms with van der Waals surface area (Å²) in [4.78, 5) is 17.5. The van der Waals surface area contributed by atoms with Gasteiger partial charge in [0.25, 0.3) is 5.91 Å². The summed E-state index contributed by atoms with van der Waals surface area (Å²) in [7, 11) is 0. The second kappa shape index (κ2) is 9.22. The summed E-state index contributed by atoms with van der Waals surface area (Å²) in [5.74, 6) is -0.552. The molecule has 0 saturated heterocycles. The molecule has 0 bridgehead atoms. The standard InChI is InChI=1S/C20H12Cl3N3OS/c21-16-6-2-1-4-12(16)8-14(10-24)19(27)26-20-25-11-15(28-20)9-13-5-3-7-17(22)18(13)23/h1-8,11H,9H2,(H,25,26,27)/b14-8+. The van der Waals surface area contributed by atoms with E-state index in [1.165, 1.54) is 17.4 Å². The van der Waals surface area contributed by atoms with E-state index in [9.17, 15) is 10.1 Å². The van der Waals surface area contributed by atoms with Crippen LogP contribution in [-0.4, -0.2) is 10.9 Å². The number of rotatable bonds is 5. The zero-order valence-corrected chi connectivity index (χ0v) is 17.3. The van der Waals surface area contributed by atoms with Gasteiger partial charge in [0.15, 0.2) is 5.13 Å². The minimum Gasteiger partial charge on any atom is -0.297 e. The van der Waals surface area contributed by atoms with Gasteiger partial charge in [-0.15, -0.1) is 11.3 Å². The number of hydrogen-bond acceptors (Lipinski definition) is 4. The van der Waals surface area contributed by atoms with Crippen molar-refractivity contribution in [3.63, 3.8) is 0 Å².